The summed E-state index contributed by atoms with van der Waals surface area (Å²) in [6.07, 6.45) is 5.25. The highest BCUT2D eigenvalue weighted by atomic mass is 32.1. The molecule has 2 amide bonds. The van der Waals surface area contributed by atoms with Gasteiger partial charge >= 0.3 is 0 Å². The quantitative estimate of drug-likeness (QED) is 0.557. The Morgan fingerprint density at radius 3 is 2.63 bits per heavy atom. The lowest BCUT2D eigenvalue weighted by Crippen LogP contribution is -2.28. The molecule has 0 aliphatic heterocycles. The van der Waals surface area contributed by atoms with Gasteiger partial charge in [0, 0.05) is 23.6 Å². The number of amides is 2. The molecule has 1 aliphatic carbocycles. The molecule has 0 spiro atoms. The fourth-order valence-electron chi connectivity index (χ4n) is 3.31. The van der Waals surface area contributed by atoms with Gasteiger partial charge in [0.2, 0.25) is 0 Å². The molecular formula is C21H26N2O3S. The van der Waals surface area contributed by atoms with Crippen LogP contribution in [-0.2, 0) is 17.6 Å². The van der Waals surface area contributed by atoms with Crippen molar-refractivity contribution < 1.29 is 14.3 Å². The second-order valence-electron chi connectivity index (χ2n) is 6.54. The summed E-state index contributed by atoms with van der Waals surface area (Å²) >= 11 is 1.55. The van der Waals surface area contributed by atoms with Crippen molar-refractivity contribution >= 4 is 28.2 Å². The largest absolute Gasteiger partial charge is 0.380 e. The Balaban J connectivity index is 1.83. The normalized spacial score (nSPS) is 13.5. The van der Waals surface area contributed by atoms with E-state index >= 15 is 0 Å². The van der Waals surface area contributed by atoms with Crippen LogP contribution in [0.15, 0.2) is 30.3 Å². The highest BCUT2D eigenvalue weighted by Crippen LogP contribution is 2.37. The van der Waals surface area contributed by atoms with Crippen LogP contribution >= 0.6 is 11.3 Å². The van der Waals surface area contributed by atoms with Gasteiger partial charge in [-0.2, -0.15) is 0 Å². The van der Waals surface area contributed by atoms with Crippen LogP contribution < -0.4 is 10.6 Å². The minimum absolute atomic E-state index is 0.127. The fourth-order valence-corrected chi connectivity index (χ4v) is 4.59. The maximum absolute atomic E-state index is 12.9. The van der Waals surface area contributed by atoms with Crippen LogP contribution in [0.25, 0.3) is 0 Å². The van der Waals surface area contributed by atoms with Gasteiger partial charge in [0.15, 0.2) is 0 Å². The van der Waals surface area contributed by atoms with Gasteiger partial charge in [0.05, 0.1) is 12.2 Å². The van der Waals surface area contributed by atoms with E-state index in [9.17, 15) is 9.59 Å². The zero-order chi connectivity index (χ0) is 19.1. The first kappa shape index (κ1) is 19.6. The molecule has 1 aromatic carbocycles. The van der Waals surface area contributed by atoms with E-state index in [2.05, 4.69) is 10.6 Å². The van der Waals surface area contributed by atoms with Gasteiger partial charge in [-0.25, -0.2) is 0 Å². The molecule has 6 heteroatoms. The number of benzene rings is 1. The molecule has 0 radical (unpaired) electrons. The van der Waals surface area contributed by atoms with Gasteiger partial charge in [0.25, 0.3) is 11.8 Å². The Hall–Kier alpha value is -2.18. The molecule has 2 aromatic rings. The van der Waals surface area contributed by atoms with Crippen LogP contribution in [0.5, 0.6) is 0 Å². The van der Waals surface area contributed by atoms with Crippen molar-refractivity contribution in [2.24, 2.45) is 0 Å². The van der Waals surface area contributed by atoms with E-state index in [1.54, 1.807) is 23.5 Å². The molecule has 0 saturated heterocycles. The van der Waals surface area contributed by atoms with Crippen LogP contribution in [0, 0.1) is 0 Å². The molecule has 0 unspecified atom stereocenters. The average Bonchev–Trinajstić information content (AvgIpc) is 2.86. The molecule has 0 atom stereocenters. The van der Waals surface area contributed by atoms with Gasteiger partial charge in [0.1, 0.15) is 5.00 Å². The molecule has 1 heterocycles. The third-order valence-electron chi connectivity index (χ3n) is 4.65. The predicted molar refractivity (Wildman–Crippen MR) is 109 cm³/mol. The van der Waals surface area contributed by atoms with Crippen molar-refractivity contribution in [2.75, 3.05) is 25.1 Å². The second kappa shape index (κ2) is 9.67. The van der Waals surface area contributed by atoms with Crippen molar-refractivity contribution in [1.82, 2.24) is 5.32 Å². The molecule has 2 N–H and O–H groups in total. The Labute approximate surface area is 164 Å². The molecule has 5 nitrogen and oxygen atoms in total. The summed E-state index contributed by atoms with van der Waals surface area (Å²) in [6.45, 7) is 3.50. The maximum atomic E-state index is 12.9. The number of carbonyl (C=O) groups excluding carboxylic acids is 2. The lowest BCUT2D eigenvalue weighted by Gasteiger charge is -2.10. The standard InChI is InChI=1S/C21H26N2O3S/c1-2-26-14-13-22-20(25)18-16-11-7-4-8-12-17(16)27-21(18)23-19(24)15-9-5-3-6-10-15/h3,5-6,9-10H,2,4,7-8,11-14H2,1H3,(H,22,25)(H,23,24). The summed E-state index contributed by atoms with van der Waals surface area (Å²) in [7, 11) is 0. The number of rotatable bonds is 7. The SMILES string of the molecule is CCOCCNC(=O)c1c(NC(=O)c2ccccc2)sc2c1CCCCC2. The van der Waals surface area contributed by atoms with Gasteiger partial charge in [-0.1, -0.05) is 24.6 Å². The summed E-state index contributed by atoms with van der Waals surface area (Å²) < 4.78 is 5.30. The molecular weight excluding hydrogens is 360 g/mol. The van der Waals surface area contributed by atoms with E-state index in [0.29, 0.717) is 35.9 Å². The Morgan fingerprint density at radius 2 is 1.85 bits per heavy atom. The zero-order valence-electron chi connectivity index (χ0n) is 15.7. The minimum atomic E-state index is -0.185. The number of anilines is 1. The van der Waals surface area contributed by atoms with Crippen molar-refractivity contribution in [1.29, 1.82) is 0 Å². The Bertz CT molecular complexity index is 786. The molecule has 144 valence electrons. The average molecular weight is 387 g/mol. The highest BCUT2D eigenvalue weighted by molar-refractivity contribution is 7.17. The number of carbonyl (C=O) groups is 2. The van der Waals surface area contributed by atoms with Crippen LogP contribution in [0.4, 0.5) is 5.00 Å². The highest BCUT2D eigenvalue weighted by Gasteiger charge is 2.25. The van der Waals surface area contributed by atoms with E-state index in [1.165, 1.54) is 11.3 Å². The van der Waals surface area contributed by atoms with Gasteiger partial charge in [-0.3, -0.25) is 9.59 Å². The lowest BCUT2D eigenvalue weighted by atomic mass is 10.0. The van der Waals surface area contributed by atoms with Gasteiger partial charge < -0.3 is 15.4 Å². The third kappa shape index (κ3) is 4.96. The number of nitrogens with one attached hydrogen (secondary N) is 2. The smallest absolute Gasteiger partial charge is 0.256 e. The summed E-state index contributed by atoms with van der Waals surface area (Å²) in [4.78, 5) is 26.7. The predicted octanol–water partition coefficient (Wildman–Crippen LogP) is 4.04. The number of thiophene rings is 1. The zero-order valence-corrected chi connectivity index (χ0v) is 16.5. The molecule has 27 heavy (non-hydrogen) atoms. The van der Waals surface area contributed by atoms with Crippen molar-refractivity contribution in [3.05, 3.63) is 51.9 Å². The molecule has 0 bridgehead atoms. The molecule has 3 rings (SSSR count). The summed E-state index contributed by atoms with van der Waals surface area (Å²) in [5, 5.41) is 6.57. The first-order valence-corrected chi connectivity index (χ1v) is 10.4. The number of fused-ring (bicyclic) bond motifs is 1. The second-order valence-corrected chi connectivity index (χ2v) is 7.65. The van der Waals surface area contributed by atoms with Crippen molar-refractivity contribution in [3.8, 4) is 0 Å². The van der Waals surface area contributed by atoms with Gasteiger partial charge in [-0.05, 0) is 50.3 Å². The van der Waals surface area contributed by atoms with Crippen LogP contribution in [-0.4, -0.2) is 31.6 Å². The van der Waals surface area contributed by atoms with E-state index in [4.69, 9.17) is 4.74 Å². The Morgan fingerprint density at radius 1 is 1.07 bits per heavy atom. The van der Waals surface area contributed by atoms with E-state index in [-0.39, 0.29) is 11.8 Å². The molecule has 1 aromatic heterocycles. The van der Waals surface area contributed by atoms with E-state index < -0.39 is 0 Å². The van der Waals surface area contributed by atoms with Crippen LogP contribution in [0.2, 0.25) is 0 Å². The lowest BCUT2D eigenvalue weighted by molar-refractivity contribution is 0.0923. The fraction of sp³-hybridized carbons (Fsp3) is 0.429. The maximum Gasteiger partial charge on any atom is 0.256 e. The van der Waals surface area contributed by atoms with Crippen LogP contribution in [0.3, 0.4) is 0 Å². The van der Waals surface area contributed by atoms with Gasteiger partial charge in [-0.15, -0.1) is 11.3 Å². The molecule has 0 fully saturated rings. The number of hydrogen-bond acceptors (Lipinski definition) is 4. The summed E-state index contributed by atoms with van der Waals surface area (Å²) in [5.41, 5.74) is 2.33. The first-order chi connectivity index (χ1) is 13.2. The third-order valence-corrected chi connectivity index (χ3v) is 5.85. The summed E-state index contributed by atoms with van der Waals surface area (Å²) in [6, 6.07) is 9.09. The molecule has 0 saturated carbocycles. The van der Waals surface area contributed by atoms with Crippen molar-refractivity contribution in [2.45, 2.75) is 39.0 Å². The topological polar surface area (TPSA) is 67.4 Å². The summed E-state index contributed by atoms with van der Waals surface area (Å²) in [5.74, 6) is -0.312. The Kier molecular flexibility index (Phi) is 7.01. The van der Waals surface area contributed by atoms with E-state index in [0.717, 1.165) is 31.2 Å². The van der Waals surface area contributed by atoms with E-state index in [1.807, 2.05) is 25.1 Å². The first-order valence-electron chi connectivity index (χ1n) is 9.57. The molecule has 1 aliphatic rings. The minimum Gasteiger partial charge on any atom is -0.380 e. The monoisotopic (exact) mass is 386 g/mol. The number of aryl methyl sites for hydroxylation is 1. The number of hydrogen-bond donors (Lipinski definition) is 2. The number of ether oxygens (including phenoxy) is 1. The van der Waals surface area contributed by atoms with Crippen LogP contribution in [0.1, 0.15) is 57.3 Å². The van der Waals surface area contributed by atoms with Crippen molar-refractivity contribution in [3.63, 3.8) is 0 Å².